The van der Waals surface area contributed by atoms with E-state index in [9.17, 15) is 8.78 Å². The van der Waals surface area contributed by atoms with Gasteiger partial charge in [-0.05, 0) is 46.1 Å². The molecule has 0 saturated heterocycles. The van der Waals surface area contributed by atoms with Gasteiger partial charge < -0.3 is 5.73 Å². The smallest absolute Gasteiger partial charge is 0.163 e. The molecule has 108 valence electrons. The highest BCUT2D eigenvalue weighted by atomic mass is 79.9. The van der Waals surface area contributed by atoms with Crippen LogP contribution in [0.3, 0.4) is 0 Å². The normalized spacial score (nSPS) is 12.9. The minimum absolute atomic E-state index is 0.224. The van der Waals surface area contributed by atoms with Crippen LogP contribution in [0.1, 0.15) is 17.2 Å². The molecule has 0 aliphatic rings. The Morgan fingerprint density at radius 2 is 2.15 bits per heavy atom. The SMILES string of the molecule is CN(Cc1csc(Br)c1)C(CN)c1cccc(F)c1F. The molecule has 0 bridgehead atoms. The summed E-state index contributed by atoms with van der Waals surface area (Å²) >= 11 is 5.00. The van der Waals surface area contributed by atoms with Crippen molar-refractivity contribution >= 4 is 27.3 Å². The van der Waals surface area contributed by atoms with Crippen LogP contribution in [0.4, 0.5) is 8.78 Å². The summed E-state index contributed by atoms with van der Waals surface area (Å²) in [5, 5.41) is 2.02. The summed E-state index contributed by atoms with van der Waals surface area (Å²) in [6.07, 6.45) is 0. The van der Waals surface area contributed by atoms with Crippen molar-refractivity contribution in [3.05, 3.63) is 56.2 Å². The minimum atomic E-state index is -0.840. The molecule has 0 amide bonds. The minimum Gasteiger partial charge on any atom is -0.329 e. The molecule has 2 N–H and O–H groups in total. The fourth-order valence-electron chi connectivity index (χ4n) is 2.15. The van der Waals surface area contributed by atoms with E-state index in [1.165, 1.54) is 6.07 Å². The summed E-state index contributed by atoms with van der Waals surface area (Å²) in [6.45, 7) is 0.849. The zero-order valence-electron chi connectivity index (χ0n) is 10.9. The molecule has 0 spiro atoms. The Hall–Kier alpha value is -0.820. The van der Waals surface area contributed by atoms with Crippen molar-refractivity contribution in [3.8, 4) is 0 Å². The molecule has 1 aromatic heterocycles. The molecular formula is C14H15BrF2N2S. The van der Waals surface area contributed by atoms with Crippen molar-refractivity contribution in [2.24, 2.45) is 5.73 Å². The van der Waals surface area contributed by atoms with Crippen LogP contribution in [0.2, 0.25) is 0 Å². The first-order valence-corrected chi connectivity index (χ1v) is 7.77. The summed E-state index contributed by atoms with van der Waals surface area (Å²) in [7, 11) is 1.85. The van der Waals surface area contributed by atoms with Crippen LogP contribution in [0, 0.1) is 11.6 Å². The second-order valence-corrected chi connectivity index (χ2v) is 6.86. The van der Waals surface area contributed by atoms with Gasteiger partial charge in [-0.3, -0.25) is 4.90 Å². The van der Waals surface area contributed by atoms with E-state index in [2.05, 4.69) is 15.9 Å². The second kappa shape index (κ2) is 6.76. The molecule has 0 fully saturated rings. The third-order valence-electron chi connectivity index (χ3n) is 3.15. The maximum Gasteiger partial charge on any atom is 0.163 e. The van der Waals surface area contributed by atoms with Gasteiger partial charge in [0, 0.05) is 18.7 Å². The van der Waals surface area contributed by atoms with Crippen LogP contribution < -0.4 is 5.73 Å². The van der Waals surface area contributed by atoms with Gasteiger partial charge in [-0.1, -0.05) is 12.1 Å². The molecule has 1 aromatic carbocycles. The highest BCUT2D eigenvalue weighted by Crippen LogP contribution is 2.27. The Bertz CT molecular complexity index is 588. The molecule has 2 nitrogen and oxygen atoms in total. The van der Waals surface area contributed by atoms with E-state index >= 15 is 0 Å². The first kappa shape index (κ1) is 15.6. The van der Waals surface area contributed by atoms with Gasteiger partial charge >= 0.3 is 0 Å². The van der Waals surface area contributed by atoms with Gasteiger partial charge in [-0.25, -0.2) is 8.78 Å². The molecule has 0 aliphatic heterocycles. The number of nitrogens with two attached hydrogens (primary N) is 1. The first-order chi connectivity index (χ1) is 9.52. The zero-order chi connectivity index (χ0) is 14.7. The Labute approximate surface area is 129 Å². The zero-order valence-corrected chi connectivity index (χ0v) is 13.3. The largest absolute Gasteiger partial charge is 0.329 e. The molecule has 2 aromatic rings. The van der Waals surface area contributed by atoms with Gasteiger partial charge in [-0.15, -0.1) is 11.3 Å². The number of likely N-dealkylation sites (N-methyl/N-ethyl adjacent to an activating group) is 1. The number of nitrogens with zero attached hydrogens (tertiary/aromatic N) is 1. The molecule has 2 rings (SSSR count). The van der Waals surface area contributed by atoms with Gasteiger partial charge in [0.25, 0.3) is 0 Å². The maximum absolute atomic E-state index is 13.9. The monoisotopic (exact) mass is 360 g/mol. The number of halogens is 3. The Morgan fingerprint density at radius 1 is 1.40 bits per heavy atom. The summed E-state index contributed by atoms with van der Waals surface area (Å²) in [5.74, 6) is -1.66. The van der Waals surface area contributed by atoms with Crippen molar-refractivity contribution in [2.45, 2.75) is 12.6 Å². The number of benzene rings is 1. The molecule has 20 heavy (non-hydrogen) atoms. The summed E-state index contributed by atoms with van der Waals surface area (Å²) in [5.41, 5.74) is 7.15. The van der Waals surface area contributed by atoms with Gasteiger partial charge in [0.15, 0.2) is 11.6 Å². The predicted octanol–water partition coefficient (Wildman–Crippen LogP) is 3.92. The third-order valence-corrected chi connectivity index (χ3v) is 4.70. The maximum atomic E-state index is 13.9. The van der Waals surface area contributed by atoms with Crippen LogP contribution >= 0.6 is 27.3 Å². The van der Waals surface area contributed by atoms with Crippen LogP contribution in [-0.2, 0) is 6.54 Å². The van der Waals surface area contributed by atoms with Crippen molar-refractivity contribution in [1.82, 2.24) is 4.90 Å². The van der Waals surface area contributed by atoms with E-state index in [-0.39, 0.29) is 12.6 Å². The van der Waals surface area contributed by atoms with Crippen molar-refractivity contribution in [2.75, 3.05) is 13.6 Å². The average molecular weight is 361 g/mol. The highest BCUT2D eigenvalue weighted by Gasteiger charge is 2.21. The Balaban J connectivity index is 2.20. The standard InChI is InChI=1S/C14H15BrF2N2S/c1-19(7-9-5-13(15)20-8-9)12(6-18)10-3-2-4-11(16)14(10)17/h2-5,8,12H,6-7,18H2,1H3. The van der Waals surface area contributed by atoms with Crippen LogP contribution in [0.15, 0.2) is 33.4 Å². The molecule has 0 aliphatic carbocycles. The lowest BCUT2D eigenvalue weighted by molar-refractivity contribution is 0.235. The van der Waals surface area contributed by atoms with Crippen molar-refractivity contribution in [3.63, 3.8) is 0 Å². The van der Waals surface area contributed by atoms with Crippen LogP contribution in [-0.4, -0.2) is 18.5 Å². The summed E-state index contributed by atoms with van der Waals surface area (Å²) in [4.78, 5) is 1.92. The second-order valence-electron chi connectivity index (χ2n) is 4.57. The van der Waals surface area contributed by atoms with Crippen molar-refractivity contribution in [1.29, 1.82) is 0 Å². The number of hydrogen-bond donors (Lipinski definition) is 1. The summed E-state index contributed by atoms with van der Waals surface area (Å²) in [6, 6.07) is 5.85. The van der Waals surface area contributed by atoms with E-state index in [0.29, 0.717) is 12.1 Å². The molecule has 0 radical (unpaired) electrons. The predicted molar refractivity (Wildman–Crippen MR) is 81.6 cm³/mol. The number of hydrogen-bond acceptors (Lipinski definition) is 3. The highest BCUT2D eigenvalue weighted by molar-refractivity contribution is 9.11. The fourth-order valence-corrected chi connectivity index (χ4v) is 3.35. The Kier molecular flexibility index (Phi) is 5.26. The third kappa shape index (κ3) is 3.44. The molecule has 6 heteroatoms. The topological polar surface area (TPSA) is 29.3 Å². The number of thiophene rings is 1. The quantitative estimate of drug-likeness (QED) is 0.875. The van der Waals surface area contributed by atoms with Gasteiger partial charge in [0.2, 0.25) is 0 Å². The van der Waals surface area contributed by atoms with E-state index in [1.807, 2.05) is 23.4 Å². The molecular weight excluding hydrogens is 346 g/mol. The van der Waals surface area contributed by atoms with Gasteiger partial charge in [-0.2, -0.15) is 0 Å². The van der Waals surface area contributed by atoms with Gasteiger partial charge in [0.05, 0.1) is 9.83 Å². The average Bonchev–Trinajstić information content (AvgIpc) is 2.81. The lowest BCUT2D eigenvalue weighted by Gasteiger charge is -2.27. The number of rotatable bonds is 5. The van der Waals surface area contributed by atoms with E-state index in [0.717, 1.165) is 15.4 Å². The van der Waals surface area contributed by atoms with E-state index in [4.69, 9.17) is 5.73 Å². The van der Waals surface area contributed by atoms with Crippen LogP contribution in [0.25, 0.3) is 0 Å². The summed E-state index contributed by atoms with van der Waals surface area (Å²) < 4.78 is 28.3. The molecule has 1 heterocycles. The first-order valence-electron chi connectivity index (χ1n) is 6.10. The fraction of sp³-hybridized carbons (Fsp3) is 0.286. The molecule has 1 unspecified atom stereocenters. The van der Waals surface area contributed by atoms with Crippen LogP contribution in [0.5, 0.6) is 0 Å². The van der Waals surface area contributed by atoms with Crippen molar-refractivity contribution < 1.29 is 8.78 Å². The molecule has 0 saturated carbocycles. The van der Waals surface area contributed by atoms with E-state index < -0.39 is 11.6 Å². The van der Waals surface area contributed by atoms with E-state index in [1.54, 1.807) is 17.4 Å². The molecule has 1 atom stereocenters. The van der Waals surface area contributed by atoms with Gasteiger partial charge in [0.1, 0.15) is 0 Å². The lowest BCUT2D eigenvalue weighted by Crippen LogP contribution is -2.31. The lowest BCUT2D eigenvalue weighted by atomic mass is 10.0. The Morgan fingerprint density at radius 3 is 2.75 bits per heavy atom.